The van der Waals surface area contributed by atoms with Crippen molar-refractivity contribution in [1.82, 2.24) is 5.32 Å². The van der Waals surface area contributed by atoms with Gasteiger partial charge < -0.3 is 24.3 Å². The van der Waals surface area contributed by atoms with Crippen LogP contribution in [0, 0.1) is 0 Å². The minimum absolute atomic E-state index is 0.263. The summed E-state index contributed by atoms with van der Waals surface area (Å²) in [6.07, 6.45) is 2.30. The van der Waals surface area contributed by atoms with Gasteiger partial charge in [-0.2, -0.15) is 0 Å². The largest absolute Gasteiger partial charge is 0.493 e. The van der Waals surface area contributed by atoms with E-state index in [2.05, 4.69) is 5.32 Å². The Morgan fingerprint density at radius 1 is 1.37 bits per heavy atom. The minimum Gasteiger partial charge on any atom is -0.493 e. The molecular formula is C14H19NO4. The number of methoxy groups -OCH3 is 1. The smallest absolute Gasteiger partial charge is 0.231 e. The standard InChI is InChI=1S/C14H19NO4/c1-16-12-5-10(6-13-14(12)19-9-18-13)7-15-11-3-2-4-17-8-11/h5-6,11,15H,2-4,7-9H2,1H3. The van der Waals surface area contributed by atoms with Crippen molar-refractivity contribution in [3.8, 4) is 17.2 Å². The molecule has 1 aromatic carbocycles. The summed E-state index contributed by atoms with van der Waals surface area (Å²) in [7, 11) is 1.64. The Balaban J connectivity index is 1.67. The van der Waals surface area contributed by atoms with Crippen molar-refractivity contribution < 1.29 is 18.9 Å². The van der Waals surface area contributed by atoms with Crippen LogP contribution in [0.3, 0.4) is 0 Å². The summed E-state index contributed by atoms with van der Waals surface area (Å²) >= 11 is 0. The van der Waals surface area contributed by atoms with Gasteiger partial charge in [0.05, 0.1) is 13.7 Å². The summed E-state index contributed by atoms with van der Waals surface area (Å²) in [6, 6.07) is 4.43. The molecule has 1 aromatic rings. The molecular weight excluding hydrogens is 246 g/mol. The van der Waals surface area contributed by atoms with Crippen LogP contribution >= 0.6 is 0 Å². The van der Waals surface area contributed by atoms with Crippen LogP contribution in [0.25, 0.3) is 0 Å². The van der Waals surface area contributed by atoms with Gasteiger partial charge >= 0.3 is 0 Å². The molecule has 19 heavy (non-hydrogen) atoms. The zero-order chi connectivity index (χ0) is 13.1. The summed E-state index contributed by atoms with van der Waals surface area (Å²) in [5.41, 5.74) is 1.13. The van der Waals surface area contributed by atoms with Crippen LogP contribution in [0.4, 0.5) is 0 Å². The molecule has 0 aliphatic carbocycles. The van der Waals surface area contributed by atoms with Gasteiger partial charge in [-0.1, -0.05) is 0 Å². The van der Waals surface area contributed by atoms with E-state index in [-0.39, 0.29) is 6.79 Å². The lowest BCUT2D eigenvalue weighted by Gasteiger charge is -2.23. The number of benzene rings is 1. The summed E-state index contributed by atoms with van der Waals surface area (Å²) in [4.78, 5) is 0. The van der Waals surface area contributed by atoms with Crippen LogP contribution in [0.15, 0.2) is 12.1 Å². The molecule has 0 aromatic heterocycles. The van der Waals surface area contributed by atoms with Gasteiger partial charge in [0.2, 0.25) is 12.5 Å². The van der Waals surface area contributed by atoms with Gasteiger partial charge in [-0.05, 0) is 30.5 Å². The van der Waals surface area contributed by atoms with E-state index in [1.807, 2.05) is 12.1 Å². The van der Waals surface area contributed by atoms with Crippen LogP contribution in [0.1, 0.15) is 18.4 Å². The molecule has 1 atom stereocenters. The number of ether oxygens (including phenoxy) is 4. The van der Waals surface area contributed by atoms with E-state index in [0.29, 0.717) is 11.8 Å². The van der Waals surface area contributed by atoms with Crippen LogP contribution < -0.4 is 19.5 Å². The van der Waals surface area contributed by atoms with Crippen molar-refractivity contribution >= 4 is 0 Å². The molecule has 2 heterocycles. The minimum atomic E-state index is 0.263. The Labute approximate surface area is 112 Å². The first-order valence-electron chi connectivity index (χ1n) is 6.64. The Morgan fingerprint density at radius 2 is 2.32 bits per heavy atom. The van der Waals surface area contributed by atoms with Crippen LogP contribution in [-0.4, -0.2) is 33.2 Å². The van der Waals surface area contributed by atoms with Gasteiger partial charge in [-0.25, -0.2) is 0 Å². The topological polar surface area (TPSA) is 49.0 Å². The van der Waals surface area contributed by atoms with Gasteiger partial charge in [0.1, 0.15) is 0 Å². The fourth-order valence-electron chi connectivity index (χ4n) is 2.45. The molecule has 1 saturated heterocycles. The number of fused-ring (bicyclic) bond motifs is 1. The monoisotopic (exact) mass is 265 g/mol. The number of nitrogens with one attached hydrogen (secondary N) is 1. The molecule has 2 aliphatic heterocycles. The zero-order valence-corrected chi connectivity index (χ0v) is 11.1. The molecule has 5 nitrogen and oxygen atoms in total. The van der Waals surface area contributed by atoms with Crippen molar-refractivity contribution in [2.75, 3.05) is 27.1 Å². The molecule has 3 rings (SSSR count). The Bertz CT molecular complexity index is 443. The molecule has 5 heteroatoms. The number of hydrogen-bond acceptors (Lipinski definition) is 5. The van der Waals surface area contributed by atoms with E-state index in [0.717, 1.165) is 43.2 Å². The van der Waals surface area contributed by atoms with E-state index in [1.54, 1.807) is 7.11 Å². The van der Waals surface area contributed by atoms with Gasteiger partial charge in [-0.3, -0.25) is 0 Å². The second-order valence-electron chi connectivity index (χ2n) is 4.83. The van der Waals surface area contributed by atoms with E-state index >= 15 is 0 Å². The molecule has 1 fully saturated rings. The fraction of sp³-hybridized carbons (Fsp3) is 0.571. The normalized spacial score (nSPS) is 21.4. The quantitative estimate of drug-likeness (QED) is 0.897. The third kappa shape index (κ3) is 2.77. The molecule has 0 amide bonds. The third-order valence-corrected chi connectivity index (χ3v) is 3.47. The van der Waals surface area contributed by atoms with Crippen LogP contribution in [0.5, 0.6) is 17.2 Å². The molecule has 0 bridgehead atoms. The van der Waals surface area contributed by atoms with Crippen LogP contribution in [-0.2, 0) is 11.3 Å². The molecule has 0 saturated carbocycles. The van der Waals surface area contributed by atoms with E-state index in [9.17, 15) is 0 Å². The average molecular weight is 265 g/mol. The van der Waals surface area contributed by atoms with Gasteiger partial charge in [-0.15, -0.1) is 0 Å². The number of rotatable bonds is 4. The zero-order valence-electron chi connectivity index (χ0n) is 11.1. The predicted molar refractivity (Wildman–Crippen MR) is 69.8 cm³/mol. The van der Waals surface area contributed by atoms with E-state index in [1.165, 1.54) is 6.42 Å². The van der Waals surface area contributed by atoms with Crippen molar-refractivity contribution in [2.24, 2.45) is 0 Å². The Hall–Kier alpha value is -1.46. The second kappa shape index (κ2) is 5.67. The highest BCUT2D eigenvalue weighted by Gasteiger charge is 2.20. The Morgan fingerprint density at radius 3 is 3.11 bits per heavy atom. The van der Waals surface area contributed by atoms with E-state index in [4.69, 9.17) is 18.9 Å². The van der Waals surface area contributed by atoms with Gasteiger partial charge in [0.25, 0.3) is 0 Å². The molecule has 104 valence electrons. The number of hydrogen-bond donors (Lipinski definition) is 1. The first-order chi connectivity index (χ1) is 9.36. The highest BCUT2D eigenvalue weighted by atomic mass is 16.7. The van der Waals surface area contributed by atoms with Crippen molar-refractivity contribution in [3.05, 3.63) is 17.7 Å². The summed E-state index contributed by atoms with van der Waals surface area (Å²) in [5, 5.41) is 3.50. The first kappa shape index (κ1) is 12.6. The second-order valence-corrected chi connectivity index (χ2v) is 4.83. The highest BCUT2D eigenvalue weighted by Crippen LogP contribution is 2.41. The fourth-order valence-corrected chi connectivity index (χ4v) is 2.45. The molecule has 0 spiro atoms. The summed E-state index contributed by atoms with van der Waals surface area (Å²) in [5.74, 6) is 2.19. The lowest BCUT2D eigenvalue weighted by atomic mass is 10.1. The van der Waals surface area contributed by atoms with Crippen molar-refractivity contribution in [1.29, 1.82) is 0 Å². The van der Waals surface area contributed by atoms with Gasteiger partial charge in [0.15, 0.2) is 11.5 Å². The molecule has 1 N–H and O–H groups in total. The molecule has 0 radical (unpaired) electrons. The van der Waals surface area contributed by atoms with Crippen LogP contribution in [0.2, 0.25) is 0 Å². The van der Waals surface area contributed by atoms with Gasteiger partial charge in [0, 0.05) is 19.2 Å². The maximum Gasteiger partial charge on any atom is 0.231 e. The molecule has 1 unspecified atom stereocenters. The van der Waals surface area contributed by atoms with E-state index < -0.39 is 0 Å². The van der Waals surface area contributed by atoms with Crippen molar-refractivity contribution in [2.45, 2.75) is 25.4 Å². The SMILES string of the molecule is COc1cc(CNC2CCCOC2)cc2c1OCO2. The molecule has 2 aliphatic rings. The average Bonchev–Trinajstić information content (AvgIpc) is 2.93. The third-order valence-electron chi connectivity index (χ3n) is 3.47. The summed E-state index contributed by atoms with van der Waals surface area (Å²) in [6.45, 7) is 2.72. The highest BCUT2D eigenvalue weighted by molar-refractivity contribution is 5.55. The summed E-state index contributed by atoms with van der Waals surface area (Å²) < 4.78 is 21.6. The predicted octanol–water partition coefficient (Wildman–Crippen LogP) is 1.69. The Kier molecular flexibility index (Phi) is 3.75. The maximum absolute atomic E-state index is 5.46. The lowest BCUT2D eigenvalue weighted by Crippen LogP contribution is -2.36. The lowest BCUT2D eigenvalue weighted by molar-refractivity contribution is 0.0699. The van der Waals surface area contributed by atoms with Crippen molar-refractivity contribution in [3.63, 3.8) is 0 Å². The maximum atomic E-state index is 5.46. The first-order valence-corrected chi connectivity index (χ1v) is 6.64.